The molecule has 4 heteroatoms. The van der Waals surface area contributed by atoms with Crippen molar-refractivity contribution in [3.8, 4) is 0 Å². The maximum Gasteiger partial charge on any atom is 0.107 e. The maximum atomic E-state index is 5.73. The summed E-state index contributed by atoms with van der Waals surface area (Å²) < 4.78 is 0. The van der Waals surface area contributed by atoms with E-state index >= 15 is 0 Å². The average molecular weight is 231 g/mol. The SMILES string of the molecule is Cc1ccnc(Sc2ccccn2)c1CN. The average Bonchev–Trinajstić information content (AvgIpc) is 2.31. The van der Waals surface area contributed by atoms with E-state index < -0.39 is 0 Å². The van der Waals surface area contributed by atoms with Crippen molar-refractivity contribution in [3.63, 3.8) is 0 Å². The predicted octanol–water partition coefficient (Wildman–Crippen LogP) is 2.39. The van der Waals surface area contributed by atoms with Gasteiger partial charge >= 0.3 is 0 Å². The summed E-state index contributed by atoms with van der Waals surface area (Å²) in [6.45, 7) is 2.56. The molecule has 2 N–H and O–H groups in total. The third-order valence-corrected chi connectivity index (χ3v) is 3.29. The molecular formula is C12H13N3S. The first-order valence-electron chi connectivity index (χ1n) is 5.04. The van der Waals surface area contributed by atoms with Crippen LogP contribution in [0.5, 0.6) is 0 Å². The minimum Gasteiger partial charge on any atom is -0.326 e. The Kier molecular flexibility index (Phi) is 3.54. The second kappa shape index (κ2) is 5.09. The van der Waals surface area contributed by atoms with E-state index in [2.05, 4.69) is 9.97 Å². The molecule has 3 nitrogen and oxygen atoms in total. The number of hydrogen-bond donors (Lipinski definition) is 1. The van der Waals surface area contributed by atoms with E-state index in [0.29, 0.717) is 6.54 Å². The summed E-state index contributed by atoms with van der Waals surface area (Å²) in [6, 6.07) is 7.81. The first kappa shape index (κ1) is 11.1. The van der Waals surface area contributed by atoms with Crippen molar-refractivity contribution >= 4 is 11.8 Å². The summed E-state index contributed by atoms with van der Waals surface area (Å²) >= 11 is 1.55. The van der Waals surface area contributed by atoms with Crippen LogP contribution < -0.4 is 5.73 Å². The van der Waals surface area contributed by atoms with Gasteiger partial charge in [-0.1, -0.05) is 6.07 Å². The predicted molar refractivity (Wildman–Crippen MR) is 65.2 cm³/mol. The van der Waals surface area contributed by atoms with Gasteiger partial charge in [-0.05, 0) is 42.4 Å². The minimum absolute atomic E-state index is 0.509. The van der Waals surface area contributed by atoms with Crippen LogP contribution in [0, 0.1) is 6.92 Å². The molecule has 0 aromatic carbocycles. The van der Waals surface area contributed by atoms with Gasteiger partial charge in [0.1, 0.15) is 10.1 Å². The molecule has 0 spiro atoms. The monoisotopic (exact) mass is 231 g/mol. The molecule has 2 aromatic heterocycles. The number of aryl methyl sites for hydroxylation is 1. The van der Waals surface area contributed by atoms with E-state index in [1.165, 1.54) is 5.56 Å². The zero-order valence-electron chi connectivity index (χ0n) is 9.05. The van der Waals surface area contributed by atoms with Crippen molar-refractivity contribution in [3.05, 3.63) is 47.8 Å². The van der Waals surface area contributed by atoms with Crippen molar-refractivity contribution in [2.45, 2.75) is 23.5 Å². The normalized spacial score (nSPS) is 10.4. The fourth-order valence-corrected chi connectivity index (χ4v) is 2.35. The van der Waals surface area contributed by atoms with Gasteiger partial charge in [0.25, 0.3) is 0 Å². The molecule has 0 aliphatic carbocycles. The Bertz CT molecular complexity index is 471. The quantitative estimate of drug-likeness (QED) is 0.881. The molecule has 0 amide bonds. The first-order chi connectivity index (χ1) is 7.81. The van der Waals surface area contributed by atoms with Crippen molar-refractivity contribution in [1.82, 2.24) is 9.97 Å². The number of pyridine rings is 2. The van der Waals surface area contributed by atoms with E-state index in [1.807, 2.05) is 31.2 Å². The van der Waals surface area contributed by atoms with Crippen LogP contribution in [0.2, 0.25) is 0 Å². The van der Waals surface area contributed by atoms with Crippen molar-refractivity contribution in [2.24, 2.45) is 5.73 Å². The lowest BCUT2D eigenvalue weighted by Crippen LogP contribution is -2.02. The van der Waals surface area contributed by atoms with Crippen molar-refractivity contribution < 1.29 is 0 Å². The van der Waals surface area contributed by atoms with Gasteiger partial charge in [0, 0.05) is 24.5 Å². The molecule has 2 rings (SSSR count). The van der Waals surface area contributed by atoms with Crippen molar-refractivity contribution in [1.29, 1.82) is 0 Å². The van der Waals surface area contributed by atoms with Crippen LogP contribution in [0.25, 0.3) is 0 Å². The highest BCUT2D eigenvalue weighted by Gasteiger charge is 2.07. The lowest BCUT2D eigenvalue weighted by atomic mass is 10.2. The molecule has 16 heavy (non-hydrogen) atoms. The minimum atomic E-state index is 0.509. The molecule has 0 aliphatic rings. The molecule has 2 aromatic rings. The fraction of sp³-hybridized carbons (Fsp3) is 0.167. The molecule has 2 heterocycles. The van der Waals surface area contributed by atoms with Gasteiger partial charge in [-0.25, -0.2) is 9.97 Å². The molecule has 0 saturated heterocycles. The Balaban J connectivity index is 2.31. The molecule has 0 radical (unpaired) electrons. The van der Waals surface area contributed by atoms with Crippen LogP contribution in [-0.4, -0.2) is 9.97 Å². The third-order valence-electron chi connectivity index (χ3n) is 2.29. The molecule has 0 bridgehead atoms. The zero-order chi connectivity index (χ0) is 11.4. The van der Waals surface area contributed by atoms with Gasteiger partial charge in [0.15, 0.2) is 0 Å². The summed E-state index contributed by atoms with van der Waals surface area (Å²) in [5.74, 6) is 0. The topological polar surface area (TPSA) is 51.8 Å². The van der Waals surface area contributed by atoms with E-state index in [1.54, 1.807) is 24.2 Å². The van der Waals surface area contributed by atoms with Gasteiger partial charge in [-0.15, -0.1) is 0 Å². The highest BCUT2D eigenvalue weighted by Crippen LogP contribution is 2.27. The van der Waals surface area contributed by atoms with Gasteiger partial charge in [-0.2, -0.15) is 0 Å². The highest BCUT2D eigenvalue weighted by molar-refractivity contribution is 7.99. The molecule has 0 unspecified atom stereocenters. The fourth-order valence-electron chi connectivity index (χ4n) is 1.41. The summed E-state index contributed by atoms with van der Waals surface area (Å²) in [6.07, 6.45) is 3.58. The van der Waals surface area contributed by atoms with Gasteiger partial charge in [-0.3, -0.25) is 0 Å². The molecule has 0 fully saturated rings. The standard InChI is InChI=1S/C12H13N3S/c1-9-5-7-15-12(10(9)8-13)16-11-4-2-3-6-14-11/h2-7H,8,13H2,1H3. The third kappa shape index (κ3) is 2.40. The van der Waals surface area contributed by atoms with Crippen LogP contribution in [0.15, 0.2) is 46.7 Å². The van der Waals surface area contributed by atoms with Gasteiger partial charge < -0.3 is 5.73 Å². The molecule has 82 valence electrons. The van der Waals surface area contributed by atoms with Crippen LogP contribution in [-0.2, 0) is 6.54 Å². The van der Waals surface area contributed by atoms with Crippen molar-refractivity contribution in [2.75, 3.05) is 0 Å². The number of nitrogens with two attached hydrogens (primary N) is 1. The van der Waals surface area contributed by atoms with Crippen LogP contribution >= 0.6 is 11.8 Å². The smallest absolute Gasteiger partial charge is 0.107 e. The Hall–Kier alpha value is -1.39. The van der Waals surface area contributed by atoms with Gasteiger partial charge in [0.2, 0.25) is 0 Å². The van der Waals surface area contributed by atoms with E-state index in [0.717, 1.165) is 15.6 Å². The highest BCUT2D eigenvalue weighted by atomic mass is 32.2. The number of hydrogen-bond acceptors (Lipinski definition) is 4. The van der Waals surface area contributed by atoms with Crippen LogP contribution in [0.1, 0.15) is 11.1 Å². The Labute approximate surface area is 99.1 Å². The first-order valence-corrected chi connectivity index (χ1v) is 5.86. The summed E-state index contributed by atoms with van der Waals surface area (Å²) in [4.78, 5) is 8.61. The molecule has 0 aliphatic heterocycles. The van der Waals surface area contributed by atoms with Crippen LogP contribution in [0.3, 0.4) is 0 Å². The number of rotatable bonds is 3. The Morgan fingerprint density at radius 1 is 1.19 bits per heavy atom. The van der Waals surface area contributed by atoms with Gasteiger partial charge in [0.05, 0.1) is 0 Å². The zero-order valence-corrected chi connectivity index (χ0v) is 9.87. The summed E-state index contributed by atoms with van der Waals surface area (Å²) in [5.41, 5.74) is 8.00. The Morgan fingerprint density at radius 3 is 2.75 bits per heavy atom. The van der Waals surface area contributed by atoms with E-state index in [-0.39, 0.29) is 0 Å². The molecular weight excluding hydrogens is 218 g/mol. The van der Waals surface area contributed by atoms with Crippen LogP contribution in [0.4, 0.5) is 0 Å². The lowest BCUT2D eigenvalue weighted by Gasteiger charge is -2.08. The van der Waals surface area contributed by atoms with E-state index in [9.17, 15) is 0 Å². The van der Waals surface area contributed by atoms with E-state index in [4.69, 9.17) is 5.73 Å². The number of aromatic nitrogens is 2. The number of nitrogens with zero attached hydrogens (tertiary/aromatic N) is 2. The largest absolute Gasteiger partial charge is 0.326 e. The molecule has 0 saturated carbocycles. The second-order valence-corrected chi connectivity index (χ2v) is 4.39. The maximum absolute atomic E-state index is 5.73. The summed E-state index contributed by atoms with van der Waals surface area (Å²) in [7, 11) is 0. The Morgan fingerprint density at radius 2 is 2.06 bits per heavy atom. The summed E-state index contributed by atoms with van der Waals surface area (Å²) in [5, 5.41) is 1.89. The lowest BCUT2D eigenvalue weighted by molar-refractivity contribution is 0.940. The molecule has 0 atom stereocenters. The second-order valence-electron chi connectivity index (χ2n) is 3.39.